The minimum Gasteiger partial charge on any atom is -0.493 e. The van der Waals surface area contributed by atoms with E-state index in [0.29, 0.717) is 29.1 Å². The summed E-state index contributed by atoms with van der Waals surface area (Å²) in [6.07, 6.45) is 0.572. The molecule has 0 spiro atoms. The van der Waals surface area contributed by atoms with Crippen LogP contribution in [0.2, 0.25) is 0 Å². The molecule has 2 N–H and O–H groups in total. The normalized spacial score (nSPS) is 12.1. The highest BCUT2D eigenvalue weighted by Gasteiger charge is 2.17. The third-order valence-corrected chi connectivity index (χ3v) is 5.44. The van der Waals surface area contributed by atoms with Crippen LogP contribution in [-0.4, -0.2) is 34.9 Å². The van der Waals surface area contributed by atoms with Gasteiger partial charge in [-0.2, -0.15) is 5.10 Å². The van der Waals surface area contributed by atoms with Gasteiger partial charge in [0.2, 0.25) is 5.91 Å². The van der Waals surface area contributed by atoms with Gasteiger partial charge in [-0.1, -0.05) is 6.07 Å². The van der Waals surface area contributed by atoms with Crippen molar-refractivity contribution in [3.63, 3.8) is 0 Å². The molecule has 2 heterocycles. The van der Waals surface area contributed by atoms with E-state index in [2.05, 4.69) is 15.4 Å². The summed E-state index contributed by atoms with van der Waals surface area (Å²) in [6.45, 7) is 5.73. The van der Waals surface area contributed by atoms with Crippen LogP contribution in [-0.2, 0) is 18.3 Å². The molecule has 1 aromatic carbocycles. The predicted octanol–water partition coefficient (Wildman–Crippen LogP) is 2.71. The smallest absolute Gasteiger partial charge is 0.253 e. The number of amides is 1. The number of benzene rings is 1. The number of nitrogens with one attached hydrogen (secondary N) is 2. The van der Waals surface area contributed by atoms with Gasteiger partial charge in [-0.3, -0.25) is 14.3 Å². The number of hydrogen-bond donors (Lipinski definition) is 2. The average Bonchev–Trinajstić information content (AvgIpc) is 3.00. The number of fused-ring (bicyclic) bond motifs is 1. The summed E-state index contributed by atoms with van der Waals surface area (Å²) < 4.78 is 12.2. The molecular weight excluding hydrogens is 384 g/mol. The lowest BCUT2D eigenvalue weighted by molar-refractivity contribution is -0.121. The van der Waals surface area contributed by atoms with Crippen molar-refractivity contribution in [1.29, 1.82) is 0 Å². The van der Waals surface area contributed by atoms with Gasteiger partial charge in [0, 0.05) is 24.4 Å². The van der Waals surface area contributed by atoms with Gasteiger partial charge in [-0.25, -0.2) is 0 Å². The van der Waals surface area contributed by atoms with Crippen LogP contribution in [0.3, 0.4) is 0 Å². The monoisotopic (exact) mass is 412 g/mol. The van der Waals surface area contributed by atoms with Crippen molar-refractivity contribution in [3.8, 4) is 11.5 Å². The van der Waals surface area contributed by atoms with Crippen molar-refractivity contribution in [1.82, 2.24) is 20.1 Å². The molecule has 0 aliphatic rings. The van der Waals surface area contributed by atoms with Crippen molar-refractivity contribution in [3.05, 3.63) is 50.9 Å². The number of pyridine rings is 1. The highest BCUT2D eigenvalue weighted by Crippen LogP contribution is 2.30. The minimum absolute atomic E-state index is 0.126. The largest absolute Gasteiger partial charge is 0.493 e. The molecular formula is C22H28N4O4. The van der Waals surface area contributed by atoms with Gasteiger partial charge < -0.3 is 19.8 Å². The molecule has 0 saturated carbocycles. The zero-order valence-corrected chi connectivity index (χ0v) is 18.3. The van der Waals surface area contributed by atoms with Gasteiger partial charge in [0.1, 0.15) is 5.65 Å². The number of nitrogens with zero attached hydrogens (tertiary/aromatic N) is 2. The Morgan fingerprint density at radius 3 is 2.60 bits per heavy atom. The summed E-state index contributed by atoms with van der Waals surface area (Å²) in [4.78, 5) is 28.0. The van der Waals surface area contributed by atoms with E-state index in [1.54, 1.807) is 25.9 Å². The SMILES string of the molecule is COc1ccc(C(C)NC(=O)CCc2c(C)c3c(C)nn(C)c3[nH]c2=O)cc1OC. The summed E-state index contributed by atoms with van der Waals surface area (Å²) in [7, 11) is 4.95. The van der Waals surface area contributed by atoms with Crippen LogP contribution >= 0.6 is 0 Å². The Balaban J connectivity index is 1.72. The van der Waals surface area contributed by atoms with Gasteiger partial charge >= 0.3 is 0 Å². The number of H-pyrrole nitrogens is 1. The van der Waals surface area contributed by atoms with Crippen molar-refractivity contribution in [2.75, 3.05) is 14.2 Å². The molecule has 8 heteroatoms. The Bertz CT molecular complexity index is 1150. The van der Waals surface area contributed by atoms with E-state index < -0.39 is 0 Å². The third-order valence-electron chi connectivity index (χ3n) is 5.44. The van der Waals surface area contributed by atoms with Gasteiger partial charge in [0.15, 0.2) is 11.5 Å². The predicted molar refractivity (Wildman–Crippen MR) is 115 cm³/mol. The molecule has 30 heavy (non-hydrogen) atoms. The van der Waals surface area contributed by atoms with Gasteiger partial charge in [0.05, 0.1) is 26.0 Å². The van der Waals surface area contributed by atoms with E-state index in [0.717, 1.165) is 22.2 Å². The van der Waals surface area contributed by atoms with Gasteiger partial charge in [-0.15, -0.1) is 0 Å². The molecule has 0 aliphatic heterocycles. The number of carbonyl (C=O) groups excluding carboxylic acids is 1. The highest BCUT2D eigenvalue weighted by molar-refractivity contribution is 5.83. The molecule has 1 unspecified atom stereocenters. The highest BCUT2D eigenvalue weighted by atomic mass is 16.5. The van der Waals surface area contributed by atoms with E-state index in [4.69, 9.17) is 9.47 Å². The first kappa shape index (κ1) is 21.4. The van der Waals surface area contributed by atoms with Crippen molar-refractivity contribution < 1.29 is 14.3 Å². The van der Waals surface area contributed by atoms with E-state index in [1.807, 2.05) is 39.0 Å². The number of aromatic nitrogens is 3. The Hall–Kier alpha value is -3.29. The maximum absolute atomic E-state index is 12.5. The van der Waals surface area contributed by atoms with Crippen LogP contribution < -0.4 is 20.3 Å². The molecule has 0 bridgehead atoms. The summed E-state index contributed by atoms with van der Waals surface area (Å²) >= 11 is 0. The van der Waals surface area contributed by atoms with Gasteiger partial charge in [0.25, 0.3) is 5.56 Å². The lowest BCUT2D eigenvalue weighted by atomic mass is 10.0. The Kier molecular flexibility index (Phi) is 6.14. The van der Waals surface area contributed by atoms with Crippen LogP contribution in [0.15, 0.2) is 23.0 Å². The van der Waals surface area contributed by atoms with Crippen LogP contribution in [0, 0.1) is 13.8 Å². The third kappa shape index (κ3) is 4.03. The first-order valence-electron chi connectivity index (χ1n) is 9.83. The van der Waals surface area contributed by atoms with Crippen molar-refractivity contribution in [2.45, 2.75) is 39.7 Å². The number of ether oxygens (including phenoxy) is 2. The number of carbonyl (C=O) groups is 1. The second-order valence-electron chi connectivity index (χ2n) is 7.39. The first-order chi connectivity index (χ1) is 14.3. The molecule has 8 nitrogen and oxygen atoms in total. The lowest BCUT2D eigenvalue weighted by Gasteiger charge is -2.17. The van der Waals surface area contributed by atoms with Gasteiger partial charge in [-0.05, 0) is 50.5 Å². The summed E-state index contributed by atoms with van der Waals surface area (Å²) in [5.41, 5.74) is 3.78. The Morgan fingerprint density at radius 2 is 1.93 bits per heavy atom. The fourth-order valence-electron chi connectivity index (χ4n) is 3.81. The van der Waals surface area contributed by atoms with E-state index in [-0.39, 0.29) is 23.9 Å². The molecule has 3 aromatic rings. The number of rotatable bonds is 7. The summed E-state index contributed by atoms with van der Waals surface area (Å²) in [6, 6.07) is 5.34. The number of methoxy groups -OCH3 is 2. The quantitative estimate of drug-likeness (QED) is 0.622. The summed E-state index contributed by atoms with van der Waals surface area (Å²) in [5, 5.41) is 8.30. The molecule has 160 valence electrons. The standard InChI is InChI=1S/C22H28N4O4/c1-12-16(22(28)24-21-20(12)14(3)25-26(21)4)8-10-19(27)23-13(2)15-7-9-17(29-5)18(11-15)30-6/h7,9,11,13H,8,10H2,1-6H3,(H,23,27)(H,24,28). The van der Waals surface area contributed by atoms with Crippen LogP contribution in [0.1, 0.15) is 41.8 Å². The van der Waals surface area contributed by atoms with E-state index >= 15 is 0 Å². The molecule has 0 radical (unpaired) electrons. The molecule has 3 rings (SSSR count). The zero-order valence-electron chi connectivity index (χ0n) is 18.3. The topological polar surface area (TPSA) is 98.2 Å². The molecule has 2 aromatic heterocycles. The molecule has 0 aliphatic carbocycles. The van der Waals surface area contributed by atoms with Crippen LogP contribution in [0.25, 0.3) is 11.0 Å². The summed E-state index contributed by atoms with van der Waals surface area (Å²) in [5.74, 6) is 1.12. The second kappa shape index (κ2) is 8.61. The van der Waals surface area contributed by atoms with E-state index in [1.165, 1.54) is 0 Å². The molecule has 1 amide bonds. The van der Waals surface area contributed by atoms with Crippen LogP contribution in [0.5, 0.6) is 11.5 Å². The fourth-order valence-corrected chi connectivity index (χ4v) is 3.81. The van der Waals surface area contributed by atoms with E-state index in [9.17, 15) is 9.59 Å². The Labute approximate surface area is 175 Å². The first-order valence-corrected chi connectivity index (χ1v) is 9.83. The average molecular weight is 412 g/mol. The van der Waals surface area contributed by atoms with Crippen LogP contribution in [0.4, 0.5) is 0 Å². The maximum Gasteiger partial charge on any atom is 0.253 e. The van der Waals surface area contributed by atoms with Crippen molar-refractivity contribution >= 4 is 16.9 Å². The maximum atomic E-state index is 12.5. The number of aryl methyl sites for hydroxylation is 3. The van der Waals surface area contributed by atoms with Crippen molar-refractivity contribution in [2.24, 2.45) is 7.05 Å². The fraction of sp³-hybridized carbons (Fsp3) is 0.409. The second-order valence-corrected chi connectivity index (χ2v) is 7.39. The Morgan fingerprint density at radius 1 is 1.23 bits per heavy atom. The molecule has 0 saturated heterocycles. The zero-order chi connectivity index (χ0) is 22.0. The number of hydrogen-bond acceptors (Lipinski definition) is 5. The molecule has 0 fully saturated rings. The lowest BCUT2D eigenvalue weighted by Crippen LogP contribution is -2.28. The molecule has 1 atom stereocenters. The number of aromatic amines is 1. The minimum atomic E-state index is -0.209.